The Labute approximate surface area is 106 Å². The number of amidine groups is 1. The number of methoxy groups -OCH3 is 1. The lowest BCUT2D eigenvalue weighted by Gasteiger charge is -2.07. The molecule has 0 aliphatic heterocycles. The largest absolute Gasteiger partial charge is 0.497 e. The van der Waals surface area contributed by atoms with Gasteiger partial charge in [0.15, 0.2) is 0 Å². The zero-order chi connectivity index (χ0) is 13.0. The van der Waals surface area contributed by atoms with Crippen molar-refractivity contribution in [1.29, 1.82) is 5.41 Å². The molecule has 0 radical (unpaired) electrons. The van der Waals surface area contributed by atoms with Crippen LogP contribution in [0.1, 0.15) is 16.8 Å². The van der Waals surface area contributed by atoms with Crippen molar-refractivity contribution in [2.24, 2.45) is 5.73 Å². The predicted molar refractivity (Wildman–Crippen MR) is 71.1 cm³/mol. The van der Waals surface area contributed by atoms with Gasteiger partial charge in [0.05, 0.1) is 12.8 Å². The quantitative estimate of drug-likeness (QED) is 0.635. The number of benzene rings is 1. The Balaban J connectivity index is 2.25. The van der Waals surface area contributed by atoms with E-state index in [4.69, 9.17) is 15.9 Å². The maximum absolute atomic E-state index is 7.52. The van der Waals surface area contributed by atoms with E-state index in [2.05, 4.69) is 4.98 Å². The Hall–Kier alpha value is -2.36. The highest BCUT2D eigenvalue weighted by atomic mass is 16.5. The van der Waals surface area contributed by atoms with Crippen LogP contribution in [-0.2, 0) is 6.42 Å². The maximum Gasteiger partial charge on any atom is 0.124 e. The topological polar surface area (TPSA) is 72.0 Å². The minimum Gasteiger partial charge on any atom is -0.497 e. The Morgan fingerprint density at radius 1 is 1.28 bits per heavy atom. The van der Waals surface area contributed by atoms with Gasteiger partial charge in [-0.05, 0) is 29.8 Å². The van der Waals surface area contributed by atoms with Crippen molar-refractivity contribution < 1.29 is 4.74 Å². The summed E-state index contributed by atoms with van der Waals surface area (Å²) in [5, 5.41) is 7.52. The number of ether oxygens (including phenoxy) is 1. The molecule has 2 aromatic rings. The molecule has 0 saturated carbocycles. The molecule has 0 aliphatic rings. The monoisotopic (exact) mass is 241 g/mol. The van der Waals surface area contributed by atoms with Crippen molar-refractivity contribution in [2.75, 3.05) is 7.11 Å². The third-order valence-electron chi connectivity index (χ3n) is 2.71. The number of pyridine rings is 1. The molecule has 0 unspecified atom stereocenters. The van der Waals surface area contributed by atoms with Crippen LogP contribution in [0.2, 0.25) is 0 Å². The van der Waals surface area contributed by atoms with E-state index in [0.717, 1.165) is 17.0 Å². The Morgan fingerprint density at radius 2 is 2.00 bits per heavy atom. The molecular weight excluding hydrogens is 226 g/mol. The van der Waals surface area contributed by atoms with Crippen molar-refractivity contribution >= 4 is 5.84 Å². The van der Waals surface area contributed by atoms with Crippen LogP contribution in [0.3, 0.4) is 0 Å². The summed E-state index contributed by atoms with van der Waals surface area (Å²) in [7, 11) is 1.64. The lowest BCUT2D eigenvalue weighted by atomic mass is 10.0. The van der Waals surface area contributed by atoms with Gasteiger partial charge in [-0.2, -0.15) is 0 Å². The highest BCUT2D eigenvalue weighted by Crippen LogP contribution is 2.15. The molecule has 0 bridgehead atoms. The third-order valence-corrected chi connectivity index (χ3v) is 2.71. The summed E-state index contributed by atoms with van der Waals surface area (Å²) in [5.74, 6) is 0.873. The smallest absolute Gasteiger partial charge is 0.124 e. The minimum absolute atomic E-state index is 0.0478. The van der Waals surface area contributed by atoms with Gasteiger partial charge in [0.1, 0.15) is 11.6 Å². The molecule has 0 fully saturated rings. The van der Waals surface area contributed by atoms with E-state index in [-0.39, 0.29) is 5.84 Å². The van der Waals surface area contributed by atoms with Crippen LogP contribution in [-0.4, -0.2) is 17.9 Å². The third kappa shape index (κ3) is 2.66. The second-order valence-electron chi connectivity index (χ2n) is 3.94. The van der Waals surface area contributed by atoms with Gasteiger partial charge < -0.3 is 10.5 Å². The molecule has 1 heterocycles. The van der Waals surface area contributed by atoms with E-state index in [1.807, 2.05) is 30.3 Å². The molecule has 0 aliphatic carbocycles. The fourth-order valence-electron chi connectivity index (χ4n) is 1.76. The number of nitrogens with two attached hydrogens (primary N) is 1. The molecule has 1 aromatic heterocycles. The molecule has 0 spiro atoms. The average Bonchev–Trinajstić information content (AvgIpc) is 2.40. The van der Waals surface area contributed by atoms with E-state index in [9.17, 15) is 0 Å². The van der Waals surface area contributed by atoms with Gasteiger partial charge in [-0.1, -0.05) is 12.1 Å². The van der Waals surface area contributed by atoms with Crippen molar-refractivity contribution in [3.05, 3.63) is 59.4 Å². The number of nitrogens with zero attached hydrogens (tertiary/aromatic N) is 1. The van der Waals surface area contributed by atoms with Gasteiger partial charge in [0.2, 0.25) is 0 Å². The molecule has 0 atom stereocenters. The van der Waals surface area contributed by atoms with E-state index in [1.54, 1.807) is 19.4 Å². The summed E-state index contributed by atoms with van der Waals surface area (Å²) in [6, 6.07) is 11.4. The van der Waals surface area contributed by atoms with Gasteiger partial charge in [-0.25, -0.2) is 0 Å². The fraction of sp³-hybridized carbons (Fsp3) is 0.143. The van der Waals surface area contributed by atoms with Crippen molar-refractivity contribution in [1.82, 2.24) is 4.98 Å². The van der Waals surface area contributed by atoms with Crippen LogP contribution in [0.25, 0.3) is 0 Å². The molecule has 0 saturated heterocycles. The maximum atomic E-state index is 7.52. The molecule has 2 rings (SSSR count). The van der Waals surface area contributed by atoms with E-state index < -0.39 is 0 Å². The normalized spacial score (nSPS) is 10.1. The number of nitrogen functional groups attached to an aromatic ring is 1. The lowest BCUT2D eigenvalue weighted by molar-refractivity contribution is 0.414. The van der Waals surface area contributed by atoms with Gasteiger partial charge in [0.25, 0.3) is 0 Å². The Kier molecular flexibility index (Phi) is 3.57. The van der Waals surface area contributed by atoms with Crippen molar-refractivity contribution in [2.45, 2.75) is 6.42 Å². The van der Waals surface area contributed by atoms with Crippen LogP contribution >= 0.6 is 0 Å². The number of aromatic nitrogens is 1. The van der Waals surface area contributed by atoms with E-state index in [0.29, 0.717) is 12.0 Å². The summed E-state index contributed by atoms with van der Waals surface area (Å²) in [4.78, 5) is 4.29. The van der Waals surface area contributed by atoms with Crippen LogP contribution < -0.4 is 10.5 Å². The lowest BCUT2D eigenvalue weighted by Crippen LogP contribution is -2.14. The highest BCUT2D eigenvalue weighted by Gasteiger charge is 2.06. The minimum atomic E-state index is 0.0478. The number of rotatable bonds is 4. The second kappa shape index (κ2) is 5.31. The molecule has 4 nitrogen and oxygen atoms in total. The first-order valence-corrected chi connectivity index (χ1v) is 5.62. The molecular formula is C14H15N3O. The SMILES string of the molecule is COc1ccc(Cc2ncccc2C(=N)N)cc1. The van der Waals surface area contributed by atoms with Crippen LogP contribution in [0, 0.1) is 5.41 Å². The number of hydrogen-bond donors (Lipinski definition) is 2. The van der Waals surface area contributed by atoms with E-state index >= 15 is 0 Å². The Morgan fingerprint density at radius 3 is 2.61 bits per heavy atom. The molecule has 3 N–H and O–H groups in total. The summed E-state index contributed by atoms with van der Waals surface area (Å²) in [6.07, 6.45) is 2.37. The summed E-state index contributed by atoms with van der Waals surface area (Å²) in [5.41, 5.74) is 8.15. The molecule has 18 heavy (non-hydrogen) atoms. The highest BCUT2D eigenvalue weighted by molar-refractivity contribution is 5.96. The summed E-state index contributed by atoms with van der Waals surface area (Å²) >= 11 is 0. The number of nitrogens with one attached hydrogen (secondary N) is 1. The molecule has 1 aromatic carbocycles. The molecule has 92 valence electrons. The van der Waals surface area contributed by atoms with E-state index in [1.165, 1.54) is 0 Å². The first kappa shape index (κ1) is 12.1. The van der Waals surface area contributed by atoms with Gasteiger partial charge in [-0.15, -0.1) is 0 Å². The number of hydrogen-bond acceptors (Lipinski definition) is 3. The van der Waals surface area contributed by atoms with Crippen molar-refractivity contribution in [3.63, 3.8) is 0 Å². The van der Waals surface area contributed by atoms with Gasteiger partial charge in [-0.3, -0.25) is 10.4 Å². The molecule has 0 amide bonds. The zero-order valence-corrected chi connectivity index (χ0v) is 10.2. The summed E-state index contributed by atoms with van der Waals surface area (Å²) in [6.45, 7) is 0. The van der Waals surface area contributed by atoms with Crippen molar-refractivity contribution in [3.8, 4) is 5.75 Å². The predicted octanol–water partition coefficient (Wildman–Crippen LogP) is 1.97. The standard InChI is InChI=1S/C14H15N3O/c1-18-11-6-4-10(5-7-11)9-13-12(14(15)16)3-2-8-17-13/h2-8H,9H2,1H3,(H3,15,16). The van der Waals surface area contributed by atoms with Gasteiger partial charge in [0, 0.05) is 18.2 Å². The van der Waals surface area contributed by atoms with Crippen LogP contribution in [0.5, 0.6) is 5.75 Å². The van der Waals surface area contributed by atoms with Crippen LogP contribution in [0.4, 0.5) is 0 Å². The molecule has 4 heteroatoms. The zero-order valence-electron chi connectivity index (χ0n) is 10.2. The van der Waals surface area contributed by atoms with Gasteiger partial charge >= 0.3 is 0 Å². The first-order chi connectivity index (χ1) is 8.70. The second-order valence-corrected chi connectivity index (χ2v) is 3.94. The average molecular weight is 241 g/mol. The first-order valence-electron chi connectivity index (χ1n) is 5.62. The fourth-order valence-corrected chi connectivity index (χ4v) is 1.76. The Bertz CT molecular complexity index is 549. The summed E-state index contributed by atoms with van der Waals surface area (Å²) < 4.78 is 5.11. The van der Waals surface area contributed by atoms with Crippen LogP contribution in [0.15, 0.2) is 42.6 Å².